The van der Waals surface area contributed by atoms with Gasteiger partial charge in [-0.15, -0.1) is 0 Å². The van der Waals surface area contributed by atoms with Gasteiger partial charge in [0.15, 0.2) is 0 Å². The molecule has 1 aliphatic rings. The van der Waals surface area contributed by atoms with E-state index in [-0.39, 0.29) is 11.4 Å². The largest absolute Gasteiger partial charge is 0.351 e. The number of nitrogens with zero attached hydrogens (tertiary/aromatic N) is 1. The number of hydrogen-bond donors (Lipinski definition) is 1. The van der Waals surface area contributed by atoms with E-state index in [0.717, 1.165) is 19.4 Å². The van der Waals surface area contributed by atoms with E-state index in [1.807, 2.05) is 0 Å². The molecule has 0 aromatic carbocycles. The van der Waals surface area contributed by atoms with E-state index < -0.39 is 0 Å². The smallest absolute Gasteiger partial charge is 0.220 e. The lowest BCUT2D eigenvalue weighted by molar-refractivity contribution is -0.119. The summed E-state index contributed by atoms with van der Waals surface area (Å²) in [6.07, 6.45) is 2.56. The molecule has 2 rings (SSSR count). The molecule has 94 valence electrons. The molecule has 1 N–H and O–H groups in total. The molecule has 1 atom stereocenters. The molecule has 0 radical (unpaired) electrons. The van der Waals surface area contributed by atoms with Gasteiger partial charge in [-0.05, 0) is 52.2 Å². The Hall–Kier alpha value is -1.25. The zero-order valence-corrected chi connectivity index (χ0v) is 11.3. The fourth-order valence-corrected chi connectivity index (χ4v) is 2.94. The number of carbonyl (C=O) groups is 1. The van der Waals surface area contributed by atoms with Crippen LogP contribution in [0, 0.1) is 13.8 Å². The predicted molar refractivity (Wildman–Crippen MR) is 69.1 cm³/mol. The van der Waals surface area contributed by atoms with Gasteiger partial charge >= 0.3 is 0 Å². The topological polar surface area (TPSA) is 34.0 Å². The summed E-state index contributed by atoms with van der Waals surface area (Å²) in [5, 5.41) is 3.10. The van der Waals surface area contributed by atoms with E-state index in [1.165, 1.54) is 17.0 Å². The van der Waals surface area contributed by atoms with Crippen molar-refractivity contribution in [3.05, 3.63) is 23.0 Å². The second-order valence-electron chi connectivity index (χ2n) is 5.43. The molecule has 1 fully saturated rings. The van der Waals surface area contributed by atoms with Crippen molar-refractivity contribution >= 4 is 5.91 Å². The third-order valence-electron chi connectivity index (χ3n) is 3.92. The minimum atomic E-state index is -0.0474. The highest BCUT2D eigenvalue weighted by Crippen LogP contribution is 2.27. The highest BCUT2D eigenvalue weighted by atomic mass is 16.2. The van der Waals surface area contributed by atoms with Crippen LogP contribution in [0.25, 0.3) is 0 Å². The first kappa shape index (κ1) is 12.2. The zero-order chi connectivity index (χ0) is 12.6. The van der Waals surface area contributed by atoms with Gasteiger partial charge in [-0.2, -0.15) is 0 Å². The molecule has 0 saturated carbocycles. The van der Waals surface area contributed by atoms with E-state index >= 15 is 0 Å². The molecule has 3 nitrogen and oxygen atoms in total. The maximum absolute atomic E-state index is 11.3. The van der Waals surface area contributed by atoms with Gasteiger partial charge in [0.1, 0.15) is 0 Å². The third kappa shape index (κ3) is 2.24. The SMILES string of the molecule is CCn1c(C)cc(CC2(C)CCC(=O)N2)c1C. The van der Waals surface area contributed by atoms with Gasteiger partial charge in [0, 0.05) is 29.9 Å². The minimum Gasteiger partial charge on any atom is -0.351 e. The Morgan fingerprint density at radius 1 is 1.47 bits per heavy atom. The van der Waals surface area contributed by atoms with Crippen LogP contribution in [0.4, 0.5) is 0 Å². The van der Waals surface area contributed by atoms with Crippen molar-refractivity contribution in [1.82, 2.24) is 9.88 Å². The van der Waals surface area contributed by atoms with Crippen molar-refractivity contribution in [3.63, 3.8) is 0 Å². The van der Waals surface area contributed by atoms with Crippen molar-refractivity contribution < 1.29 is 4.79 Å². The van der Waals surface area contributed by atoms with Gasteiger partial charge in [-0.25, -0.2) is 0 Å². The molecular weight excluding hydrogens is 212 g/mol. The van der Waals surface area contributed by atoms with Crippen molar-refractivity contribution in [1.29, 1.82) is 0 Å². The Balaban J connectivity index is 2.22. The fraction of sp³-hybridized carbons (Fsp3) is 0.643. The zero-order valence-electron chi connectivity index (χ0n) is 11.3. The fourth-order valence-electron chi connectivity index (χ4n) is 2.94. The number of nitrogens with one attached hydrogen (secondary N) is 1. The van der Waals surface area contributed by atoms with Gasteiger partial charge in [-0.1, -0.05) is 0 Å². The molecule has 1 saturated heterocycles. The number of rotatable bonds is 3. The molecule has 3 heteroatoms. The Morgan fingerprint density at radius 2 is 2.18 bits per heavy atom. The van der Waals surface area contributed by atoms with E-state index in [9.17, 15) is 4.79 Å². The van der Waals surface area contributed by atoms with Crippen LogP contribution in [0.2, 0.25) is 0 Å². The van der Waals surface area contributed by atoms with Crippen LogP contribution in [0.5, 0.6) is 0 Å². The third-order valence-corrected chi connectivity index (χ3v) is 3.92. The summed E-state index contributed by atoms with van der Waals surface area (Å²) in [6.45, 7) is 9.65. The lowest BCUT2D eigenvalue weighted by atomic mass is 9.91. The first-order valence-corrected chi connectivity index (χ1v) is 6.42. The second-order valence-corrected chi connectivity index (χ2v) is 5.43. The average molecular weight is 234 g/mol. The first-order chi connectivity index (χ1) is 7.95. The minimum absolute atomic E-state index is 0.0474. The van der Waals surface area contributed by atoms with Gasteiger partial charge in [0.05, 0.1) is 0 Å². The van der Waals surface area contributed by atoms with Crippen LogP contribution in [0.15, 0.2) is 6.07 Å². The van der Waals surface area contributed by atoms with Crippen molar-refractivity contribution in [2.24, 2.45) is 0 Å². The molecule has 1 aromatic rings. The summed E-state index contributed by atoms with van der Waals surface area (Å²) in [6, 6.07) is 2.26. The summed E-state index contributed by atoms with van der Waals surface area (Å²) >= 11 is 0. The molecule has 2 heterocycles. The van der Waals surface area contributed by atoms with Crippen LogP contribution in [0.1, 0.15) is 43.6 Å². The van der Waals surface area contributed by atoms with Gasteiger partial charge < -0.3 is 9.88 Å². The highest BCUT2D eigenvalue weighted by Gasteiger charge is 2.33. The highest BCUT2D eigenvalue weighted by molar-refractivity contribution is 5.79. The lowest BCUT2D eigenvalue weighted by Gasteiger charge is -2.24. The van der Waals surface area contributed by atoms with E-state index in [2.05, 4.69) is 43.6 Å². The molecule has 0 spiro atoms. The average Bonchev–Trinajstić information content (AvgIpc) is 2.70. The van der Waals surface area contributed by atoms with Crippen LogP contribution in [0.3, 0.4) is 0 Å². The predicted octanol–water partition coefficient (Wildman–Crippen LogP) is 2.34. The quantitative estimate of drug-likeness (QED) is 0.855. The molecular formula is C14H22N2O. The Labute approximate surface area is 103 Å². The summed E-state index contributed by atoms with van der Waals surface area (Å²) in [5.41, 5.74) is 3.98. The van der Waals surface area contributed by atoms with Crippen molar-refractivity contribution in [2.45, 2.75) is 59.0 Å². The normalized spacial score (nSPS) is 24.1. The summed E-state index contributed by atoms with van der Waals surface area (Å²) in [7, 11) is 0. The van der Waals surface area contributed by atoms with Crippen LogP contribution < -0.4 is 5.32 Å². The molecule has 1 aliphatic heterocycles. The van der Waals surface area contributed by atoms with E-state index in [4.69, 9.17) is 0 Å². The molecule has 17 heavy (non-hydrogen) atoms. The van der Waals surface area contributed by atoms with Crippen LogP contribution in [-0.2, 0) is 17.8 Å². The molecule has 1 unspecified atom stereocenters. The van der Waals surface area contributed by atoms with Crippen LogP contribution in [-0.4, -0.2) is 16.0 Å². The number of hydrogen-bond acceptors (Lipinski definition) is 1. The van der Waals surface area contributed by atoms with Gasteiger partial charge in [0.2, 0.25) is 5.91 Å². The number of carbonyl (C=O) groups excluding carboxylic acids is 1. The van der Waals surface area contributed by atoms with E-state index in [1.54, 1.807) is 0 Å². The van der Waals surface area contributed by atoms with Gasteiger partial charge in [0.25, 0.3) is 0 Å². The monoisotopic (exact) mass is 234 g/mol. The molecule has 1 amide bonds. The number of aromatic nitrogens is 1. The maximum Gasteiger partial charge on any atom is 0.220 e. The Bertz CT molecular complexity index is 447. The maximum atomic E-state index is 11.3. The van der Waals surface area contributed by atoms with E-state index in [0.29, 0.717) is 6.42 Å². The second kappa shape index (κ2) is 4.21. The summed E-state index contributed by atoms with van der Waals surface area (Å²) < 4.78 is 2.33. The standard InChI is InChI=1S/C14H22N2O/c1-5-16-10(2)8-12(11(16)3)9-14(4)7-6-13(17)15-14/h8H,5-7,9H2,1-4H3,(H,15,17). The van der Waals surface area contributed by atoms with Gasteiger partial charge in [-0.3, -0.25) is 4.79 Å². The van der Waals surface area contributed by atoms with Crippen LogP contribution >= 0.6 is 0 Å². The summed E-state index contributed by atoms with van der Waals surface area (Å²) in [5.74, 6) is 0.191. The molecule has 0 bridgehead atoms. The first-order valence-electron chi connectivity index (χ1n) is 6.42. The summed E-state index contributed by atoms with van der Waals surface area (Å²) in [4.78, 5) is 11.3. The molecule has 1 aromatic heterocycles. The Morgan fingerprint density at radius 3 is 2.65 bits per heavy atom. The lowest BCUT2D eigenvalue weighted by Crippen LogP contribution is -2.40. The number of aryl methyl sites for hydroxylation is 1. The Kier molecular flexibility index (Phi) is 3.02. The molecule has 0 aliphatic carbocycles. The van der Waals surface area contributed by atoms with Crippen molar-refractivity contribution in [3.8, 4) is 0 Å². The number of amides is 1. The van der Waals surface area contributed by atoms with Crippen molar-refractivity contribution in [2.75, 3.05) is 0 Å².